The Bertz CT molecular complexity index is 759. The van der Waals surface area contributed by atoms with Crippen molar-refractivity contribution < 1.29 is 23.8 Å². The topological polar surface area (TPSA) is 75.6 Å². The van der Waals surface area contributed by atoms with Crippen molar-refractivity contribution in [3.63, 3.8) is 0 Å². The maximum absolute atomic E-state index is 13.0. The fourth-order valence-corrected chi connectivity index (χ4v) is 2.40. The SMILES string of the molecule is CCCOc1ccc(CCC(=O)O)cc1NC(=O)Cc1ccc(F)cc1. The molecule has 26 heavy (non-hydrogen) atoms. The molecule has 0 fully saturated rings. The largest absolute Gasteiger partial charge is 0.491 e. The maximum atomic E-state index is 13.0. The van der Waals surface area contributed by atoms with Crippen molar-refractivity contribution >= 4 is 17.6 Å². The summed E-state index contributed by atoms with van der Waals surface area (Å²) in [5, 5.41) is 11.6. The molecular weight excluding hydrogens is 337 g/mol. The summed E-state index contributed by atoms with van der Waals surface area (Å²) in [7, 11) is 0. The summed E-state index contributed by atoms with van der Waals surface area (Å²) in [6.45, 7) is 2.49. The molecule has 0 radical (unpaired) electrons. The lowest BCUT2D eigenvalue weighted by molar-refractivity contribution is -0.137. The van der Waals surface area contributed by atoms with Crippen molar-refractivity contribution in [3.05, 3.63) is 59.4 Å². The fraction of sp³-hybridized carbons (Fsp3) is 0.300. The van der Waals surface area contributed by atoms with E-state index in [9.17, 15) is 14.0 Å². The van der Waals surface area contributed by atoms with Gasteiger partial charge in [0.15, 0.2) is 0 Å². The number of carboxylic acid groups (broad SMARTS) is 1. The molecule has 0 aromatic heterocycles. The molecule has 0 spiro atoms. The van der Waals surface area contributed by atoms with Crippen molar-refractivity contribution in [2.24, 2.45) is 0 Å². The Labute approximate surface area is 151 Å². The summed E-state index contributed by atoms with van der Waals surface area (Å²) in [6, 6.07) is 11.0. The van der Waals surface area contributed by atoms with Crippen molar-refractivity contribution in [1.82, 2.24) is 0 Å². The van der Waals surface area contributed by atoms with Gasteiger partial charge < -0.3 is 15.2 Å². The zero-order chi connectivity index (χ0) is 18.9. The number of amides is 1. The van der Waals surface area contributed by atoms with E-state index in [1.165, 1.54) is 12.1 Å². The third kappa shape index (κ3) is 6.20. The van der Waals surface area contributed by atoms with E-state index in [2.05, 4.69) is 5.32 Å². The predicted molar refractivity (Wildman–Crippen MR) is 96.9 cm³/mol. The van der Waals surface area contributed by atoms with Gasteiger partial charge in [0, 0.05) is 6.42 Å². The van der Waals surface area contributed by atoms with E-state index in [0.717, 1.165) is 12.0 Å². The van der Waals surface area contributed by atoms with Crippen LogP contribution in [0.25, 0.3) is 0 Å². The van der Waals surface area contributed by atoms with Gasteiger partial charge in [0.05, 0.1) is 18.7 Å². The zero-order valence-electron chi connectivity index (χ0n) is 14.6. The molecule has 138 valence electrons. The zero-order valence-corrected chi connectivity index (χ0v) is 14.6. The Kier molecular flexibility index (Phi) is 7.14. The molecule has 0 atom stereocenters. The van der Waals surface area contributed by atoms with Crippen LogP contribution >= 0.6 is 0 Å². The molecule has 0 saturated carbocycles. The van der Waals surface area contributed by atoms with Crippen molar-refractivity contribution in [2.75, 3.05) is 11.9 Å². The van der Waals surface area contributed by atoms with Gasteiger partial charge in [0.25, 0.3) is 0 Å². The van der Waals surface area contributed by atoms with Crippen LogP contribution in [0.15, 0.2) is 42.5 Å². The van der Waals surface area contributed by atoms with Crippen molar-refractivity contribution in [1.29, 1.82) is 0 Å². The predicted octanol–water partition coefficient (Wildman–Crippen LogP) is 3.81. The highest BCUT2D eigenvalue weighted by molar-refractivity contribution is 5.93. The molecule has 2 N–H and O–H groups in total. The van der Waals surface area contributed by atoms with Gasteiger partial charge in [-0.3, -0.25) is 9.59 Å². The molecule has 0 unspecified atom stereocenters. The Morgan fingerprint density at radius 2 is 1.81 bits per heavy atom. The standard InChI is InChI=1S/C20H22FNO4/c1-2-11-26-18-9-5-14(6-10-20(24)25)12-17(18)22-19(23)13-15-3-7-16(21)8-4-15/h3-5,7-9,12H,2,6,10-11,13H2,1H3,(H,22,23)(H,24,25). The minimum atomic E-state index is -0.877. The highest BCUT2D eigenvalue weighted by Crippen LogP contribution is 2.27. The molecule has 6 heteroatoms. The lowest BCUT2D eigenvalue weighted by atomic mass is 10.1. The van der Waals surface area contributed by atoms with Crippen molar-refractivity contribution in [2.45, 2.75) is 32.6 Å². The molecule has 2 rings (SSSR count). The maximum Gasteiger partial charge on any atom is 0.303 e. The summed E-state index contributed by atoms with van der Waals surface area (Å²) in [6.07, 6.45) is 1.30. The van der Waals surface area contributed by atoms with Crippen LogP contribution in [-0.2, 0) is 22.4 Å². The number of aryl methyl sites for hydroxylation is 1. The van der Waals surface area contributed by atoms with E-state index in [-0.39, 0.29) is 24.6 Å². The van der Waals surface area contributed by atoms with E-state index in [1.54, 1.807) is 30.3 Å². The van der Waals surface area contributed by atoms with Gasteiger partial charge in [-0.1, -0.05) is 25.1 Å². The molecule has 0 aliphatic rings. The van der Waals surface area contributed by atoms with Gasteiger partial charge in [-0.05, 0) is 48.2 Å². The highest BCUT2D eigenvalue weighted by atomic mass is 19.1. The van der Waals surface area contributed by atoms with E-state index in [4.69, 9.17) is 9.84 Å². The Hall–Kier alpha value is -2.89. The summed E-state index contributed by atoms with van der Waals surface area (Å²) < 4.78 is 18.6. The summed E-state index contributed by atoms with van der Waals surface area (Å²) in [5.74, 6) is -0.944. The Balaban J connectivity index is 2.11. The van der Waals surface area contributed by atoms with Crippen LogP contribution in [0.2, 0.25) is 0 Å². The second-order valence-corrected chi connectivity index (χ2v) is 5.92. The molecule has 1 amide bonds. The number of carbonyl (C=O) groups is 2. The van der Waals surface area contributed by atoms with Crippen LogP contribution in [-0.4, -0.2) is 23.6 Å². The smallest absolute Gasteiger partial charge is 0.303 e. The average molecular weight is 359 g/mol. The molecule has 2 aromatic rings. The van der Waals surface area contributed by atoms with E-state index in [0.29, 0.717) is 30.0 Å². The molecule has 5 nitrogen and oxygen atoms in total. The number of nitrogens with one attached hydrogen (secondary N) is 1. The number of ether oxygens (including phenoxy) is 1. The first kappa shape index (κ1) is 19.4. The minimum absolute atomic E-state index is 0.0120. The van der Waals surface area contributed by atoms with E-state index in [1.807, 2.05) is 6.92 Å². The summed E-state index contributed by atoms with van der Waals surface area (Å²) >= 11 is 0. The normalized spacial score (nSPS) is 10.4. The second kappa shape index (κ2) is 9.56. The van der Waals surface area contributed by atoms with Crippen molar-refractivity contribution in [3.8, 4) is 5.75 Å². The number of hydrogen-bond acceptors (Lipinski definition) is 3. The Morgan fingerprint density at radius 3 is 2.46 bits per heavy atom. The first-order chi connectivity index (χ1) is 12.5. The van der Waals surface area contributed by atoms with E-state index < -0.39 is 5.97 Å². The monoisotopic (exact) mass is 359 g/mol. The number of aliphatic carboxylic acids is 1. The van der Waals surface area contributed by atoms with E-state index >= 15 is 0 Å². The van der Waals surface area contributed by atoms with Crippen LogP contribution in [0, 0.1) is 5.82 Å². The molecular formula is C20H22FNO4. The molecule has 0 aliphatic carbocycles. The average Bonchev–Trinajstić information content (AvgIpc) is 2.61. The quantitative estimate of drug-likeness (QED) is 0.714. The van der Waals surface area contributed by atoms with Crippen LogP contribution < -0.4 is 10.1 Å². The van der Waals surface area contributed by atoms with Gasteiger partial charge in [-0.15, -0.1) is 0 Å². The number of benzene rings is 2. The first-order valence-electron chi connectivity index (χ1n) is 8.49. The Morgan fingerprint density at radius 1 is 1.12 bits per heavy atom. The van der Waals surface area contributed by atoms with Gasteiger partial charge in [0.2, 0.25) is 5.91 Å². The van der Waals surface area contributed by atoms with Gasteiger partial charge in [-0.25, -0.2) is 4.39 Å². The molecule has 2 aromatic carbocycles. The van der Waals surface area contributed by atoms with Gasteiger partial charge in [-0.2, -0.15) is 0 Å². The van der Waals surface area contributed by atoms with Gasteiger partial charge >= 0.3 is 5.97 Å². The number of rotatable bonds is 9. The summed E-state index contributed by atoms with van der Waals surface area (Å²) in [5.41, 5.74) is 2.00. The third-order valence-corrected chi connectivity index (χ3v) is 3.69. The number of hydrogen-bond donors (Lipinski definition) is 2. The fourth-order valence-electron chi connectivity index (χ4n) is 2.40. The lowest BCUT2D eigenvalue weighted by Crippen LogP contribution is -2.15. The number of halogens is 1. The second-order valence-electron chi connectivity index (χ2n) is 5.92. The first-order valence-corrected chi connectivity index (χ1v) is 8.49. The highest BCUT2D eigenvalue weighted by Gasteiger charge is 2.11. The molecule has 0 bridgehead atoms. The van der Waals surface area contributed by atoms with Crippen LogP contribution in [0.4, 0.5) is 10.1 Å². The lowest BCUT2D eigenvalue weighted by Gasteiger charge is -2.14. The number of carboxylic acids is 1. The molecule has 0 aliphatic heterocycles. The minimum Gasteiger partial charge on any atom is -0.491 e. The molecule has 0 saturated heterocycles. The molecule has 0 heterocycles. The summed E-state index contributed by atoms with van der Waals surface area (Å²) in [4.78, 5) is 23.1. The van der Waals surface area contributed by atoms with Gasteiger partial charge in [0.1, 0.15) is 11.6 Å². The van der Waals surface area contributed by atoms with Crippen LogP contribution in [0.3, 0.4) is 0 Å². The van der Waals surface area contributed by atoms with Crippen LogP contribution in [0.1, 0.15) is 30.9 Å². The number of carbonyl (C=O) groups excluding carboxylic acids is 1. The third-order valence-electron chi connectivity index (χ3n) is 3.69. The number of anilines is 1. The van der Waals surface area contributed by atoms with Crippen LogP contribution in [0.5, 0.6) is 5.75 Å².